The topological polar surface area (TPSA) is 98.3 Å². The fourth-order valence-electron chi connectivity index (χ4n) is 1.21. The summed E-state index contributed by atoms with van der Waals surface area (Å²) in [7, 11) is 0. The number of hydrogen-bond donors (Lipinski definition) is 1. The van der Waals surface area contributed by atoms with Gasteiger partial charge in [0.2, 0.25) is 5.82 Å². The molecule has 7 heteroatoms. The van der Waals surface area contributed by atoms with E-state index in [0.29, 0.717) is 18.8 Å². The molecule has 82 valence electrons. The summed E-state index contributed by atoms with van der Waals surface area (Å²) in [6.07, 6.45) is 1.80. The number of aryl methyl sites for hydroxylation is 2. The third-order valence-corrected chi connectivity index (χ3v) is 1.94. The zero-order valence-electron chi connectivity index (χ0n) is 8.21. The average molecular weight is 213 g/mol. The monoisotopic (exact) mass is 213 g/mol. The third kappa shape index (κ3) is 3.04. The van der Waals surface area contributed by atoms with Crippen molar-refractivity contribution in [2.24, 2.45) is 0 Å². The molecule has 0 aromatic carbocycles. The van der Waals surface area contributed by atoms with Gasteiger partial charge in [-0.05, 0) is 16.3 Å². The first-order valence-electron chi connectivity index (χ1n) is 4.40. The van der Waals surface area contributed by atoms with E-state index in [1.165, 1.54) is 6.20 Å². The SMILES string of the molecule is Cc1nc([N+](=O)[O-])cn1CCCC(=O)O. The van der Waals surface area contributed by atoms with Crippen LogP contribution in [0.5, 0.6) is 0 Å². The van der Waals surface area contributed by atoms with Crippen LogP contribution in [0.4, 0.5) is 5.82 Å². The second kappa shape index (κ2) is 4.54. The van der Waals surface area contributed by atoms with Crippen LogP contribution in [0.2, 0.25) is 0 Å². The van der Waals surface area contributed by atoms with Crippen LogP contribution in [-0.2, 0) is 11.3 Å². The lowest BCUT2D eigenvalue weighted by Gasteiger charge is -1.99. The van der Waals surface area contributed by atoms with Gasteiger partial charge in [0.1, 0.15) is 6.20 Å². The Morgan fingerprint density at radius 3 is 2.87 bits per heavy atom. The van der Waals surface area contributed by atoms with Crippen molar-refractivity contribution in [3.63, 3.8) is 0 Å². The van der Waals surface area contributed by atoms with Crippen molar-refractivity contribution >= 4 is 11.8 Å². The van der Waals surface area contributed by atoms with E-state index in [4.69, 9.17) is 5.11 Å². The Morgan fingerprint density at radius 1 is 1.73 bits per heavy atom. The maximum atomic E-state index is 10.4. The molecule has 0 bridgehead atoms. The van der Waals surface area contributed by atoms with Crippen LogP contribution in [0.3, 0.4) is 0 Å². The van der Waals surface area contributed by atoms with Crippen molar-refractivity contribution in [2.75, 3.05) is 0 Å². The largest absolute Gasteiger partial charge is 0.481 e. The minimum absolute atomic E-state index is 0.0470. The maximum Gasteiger partial charge on any atom is 0.381 e. The van der Waals surface area contributed by atoms with E-state index in [1.54, 1.807) is 11.5 Å². The van der Waals surface area contributed by atoms with E-state index in [9.17, 15) is 14.9 Å². The molecule has 7 nitrogen and oxygen atoms in total. The van der Waals surface area contributed by atoms with Crippen molar-refractivity contribution in [1.82, 2.24) is 9.55 Å². The van der Waals surface area contributed by atoms with Crippen molar-refractivity contribution in [3.8, 4) is 0 Å². The molecule has 0 saturated heterocycles. The normalized spacial score (nSPS) is 10.2. The molecular formula is C8H11N3O4. The van der Waals surface area contributed by atoms with Gasteiger partial charge in [-0.25, -0.2) is 0 Å². The van der Waals surface area contributed by atoms with E-state index in [0.717, 1.165) is 0 Å². The zero-order chi connectivity index (χ0) is 11.4. The van der Waals surface area contributed by atoms with E-state index in [1.807, 2.05) is 0 Å². The molecule has 1 aromatic rings. The Bertz CT molecular complexity index is 385. The summed E-state index contributed by atoms with van der Waals surface area (Å²) in [5.41, 5.74) is 0. The summed E-state index contributed by atoms with van der Waals surface area (Å²) < 4.78 is 1.58. The molecule has 1 aromatic heterocycles. The molecule has 0 aliphatic heterocycles. The fourth-order valence-corrected chi connectivity index (χ4v) is 1.21. The Kier molecular flexibility index (Phi) is 3.37. The summed E-state index contributed by atoms with van der Waals surface area (Å²) in [5.74, 6) is -0.558. The van der Waals surface area contributed by atoms with Gasteiger partial charge in [0.25, 0.3) is 0 Å². The average Bonchev–Trinajstić information content (AvgIpc) is 2.47. The van der Waals surface area contributed by atoms with Gasteiger partial charge >= 0.3 is 11.8 Å². The molecule has 1 heterocycles. The number of imidazole rings is 1. The molecule has 0 radical (unpaired) electrons. The lowest BCUT2D eigenvalue weighted by atomic mass is 10.3. The number of carboxylic acid groups (broad SMARTS) is 1. The molecule has 0 unspecified atom stereocenters. The highest BCUT2D eigenvalue weighted by Gasteiger charge is 2.14. The van der Waals surface area contributed by atoms with Gasteiger partial charge in [0.15, 0.2) is 0 Å². The van der Waals surface area contributed by atoms with Gasteiger partial charge < -0.3 is 19.8 Å². The number of carbonyl (C=O) groups is 1. The molecule has 0 atom stereocenters. The minimum atomic E-state index is -0.873. The van der Waals surface area contributed by atoms with E-state index < -0.39 is 10.9 Å². The van der Waals surface area contributed by atoms with Crippen LogP contribution < -0.4 is 0 Å². The Hall–Kier alpha value is -1.92. The van der Waals surface area contributed by atoms with Crippen molar-refractivity contribution in [1.29, 1.82) is 0 Å². The Morgan fingerprint density at radius 2 is 2.40 bits per heavy atom. The highest BCUT2D eigenvalue weighted by atomic mass is 16.6. The Balaban J connectivity index is 2.61. The van der Waals surface area contributed by atoms with Crippen LogP contribution in [-0.4, -0.2) is 25.6 Å². The van der Waals surface area contributed by atoms with Crippen LogP contribution in [0, 0.1) is 17.0 Å². The molecule has 0 spiro atoms. The molecule has 0 aliphatic rings. The quantitative estimate of drug-likeness (QED) is 0.580. The number of aromatic nitrogens is 2. The van der Waals surface area contributed by atoms with Gasteiger partial charge in [-0.3, -0.25) is 4.79 Å². The van der Waals surface area contributed by atoms with E-state index >= 15 is 0 Å². The smallest absolute Gasteiger partial charge is 0.381 e. The summed E-state index contributed by atoms with van der Waals surface area (Å²) in [4.78, 5) is 23.8. The zero-order valence-corrected chi connectivity index (χ0v) is 8.21. The first kappa shape index (κ1) is 11.2. The molecular weight excluding hydrogens is 202 g/mol. The predicted molar refractivity (Wildman–Crippen MR) is 50.5 cm³/mol. The van der Waals surface area contributed by atoms with Gasteiger partial charge in [-0.15, -0.1) is 0 Å². The van der Waals surface area contributed by atoms with E-state index in [2.05, 4.69) is 4.98 Å². The number of rotatable bonds is 5. The van der Waals surface area contributed by atoms with Gasteiger partial charge in [0, 0.05) is 19.9 Å². The van der Waals surface area contributed by atoms with Crippen molar-refractivity contribution in [2.45, 2.75) is 26.3 Å². The van der Waals surface area contributed by atoms with E-state index in [-0.39, 0.29) is 12.2 Å². The Labute approximate surface area is 85.5 Å². The number of carboxylic acids is 1. The molecule has 0 aliphatic carbocycles. The number of nitrogens with zero attached hydrogens (tertiary/aromatic N) is 3. The third-order valence-electron chi connectivity index (χ3n) is 1.94. The minimum Gasteiger partial charge on any atom is -0.481 e. The fraction of sp³-hybridized carbons (Fsp3) is 0.500. The summed E-state index contributed by atoms with van der Waals surface area (Å²) in [6, 6.07) is 0. The second-order valence-electron chi connectivity index (χ2n) is 3.09. The van der Waals surface area contributed by atoms with Crippen molar-refractivity contribution in [3.05, 3.63) is 22.1 Å². The lowest BCUT2D eigenvalue weighted by Crippen LogP contribution is -2.02. The first-order chi connectivity index (χ1) is 7.00. The van der Waals surface area contributed by atoms with Gasteiger partial charge in [-0.1, -0.05) is 0 Å². The maximum absolute atomic E-state index is 10.4. The summed E-state index contributed by atoms with van der Waals surface area (Å²) in [5, 5.41) is 18.8. The molecule has 1 N–H and O–H groups in total. The van der Waals surface area contributed by atoms with Crippen LogP contribution >= 0.6 is 0 Å². The molecule has 0 fully saturated rings. The van der Waals surface area contributed by atoms with Crippen LogP contribution in [0.15, 0.2) is 6.20 Å². The number of aliphatic carboxylic acids is 1. The van der Waals surface area contributed by atoms with Gasteiger partial charge in [-0.2, -0.15) is 0 Å². The van der Waals surface area contributed by atoms with Crippen LogP contribution in [0.25, 0.3) is 0 Å². The number of nitro groups is 1. The predicted octanol–water partition coefficient (Wildman–Crippen LogP) is 0.965. The van der Waals surface area contributed by atoms with Gasteiger partial charge in [0.05, 0.1) is 0 Å². The summed E-state index contributed by atoms with van der Waals surface area (Å²) >= 11 is 0. The standard InChI is InChI=1S/C8H11N3O4/c1-6-9-7(11(14)15)5-10(6)4-2-3-8(12)13/h5H,2-4H2,1H3,(H,12,13). The van der Waals surface area contributed by atoms with Crippen LogP contribution in [0.1, 0.15) is 18.7 Å². The lowest BCUT2D eigenvalue weighted by molar-refractivity contribution is -0.389. The highest BCUT2D eigenvalue weighted by Crippen LogP contribution is 2.11. The second-order valence-corrected chi connectivity index (χ2v) is 3.09. The highest BCUT2D eigenvalue weighted by molar-refractivity contribution is 5.66. The number of hydrogen-bond acceptors (Lipinski definition) is 4. The molecule has 0 saturated carbocycles. The molecule has 0 amide bonds. The molecule has 15 heavy (non-hydrogen) atoms. The van der Waals surface area contributed by atoms with Crippen molar-refractivity contribution < 1.29 is 14.8 Å². The first-order valence-corrected chi connectivity index (χ1v) is 4.40. The molecule has 1 rings (SSSR count). The summed E-state index contributed by atoms with van der Waals surface area (Å²) in [6.45, 7) is 2.08.